The van der Waals surface area contributed by atoms with Gasteiger partial charge in [0, 0.05) is 17.2 Å². The molecule has 2 aromatic rings. The number of carbonyl (C=O) groups excluding carboxylic acids is 3. The van der Waals surface area contributed by atoms with Crippen molar-refractivity contribution >= 4 is 27.5 Å². The fourth-order valence-corrected chi connectivity index (χ4v) is 4.57. The second-order valence-electron chi connectivity index (χ2n) is 6.75. The third-order valence-corrected chi connectivity index (χ3v) is 6.11. The van der Waals surface area contributed by atoms with Gasteiger partial charge in [-0.25, -0.2) is 13.2 Å². The first-order valence-corrected chi connectivity index (χ1v) is 10.2. The molecule has 1 atom stereocenters. The largest absolute Gasteiger partial charge is 0.449 e. The monoisotopic (exact) mass is 401 g/mol. The van der Waals surface area contributed by atoms with Gasteiger partial charge in [-0.1, -0.05) is 12.1 Å². The molecule has 2 aromatic carbocycles. The summed E-state index contributed by atoms with van der Waals surface area (Å²) in [7, 11) is -3.96. The number of hydrogen-bond acceptors (Lipinski definition) is 6. The number of sulfone groups is 1. The standard InChI is InChI=1S/C20H19NO6S/c1-11(2)21-19(23)12(3)27-20(24)13-8-9-15-17(10-13)28(25,26)16-7-5-4-6-14(16)18(15)22/h4-12H,1-3H3,(H,21,23)/t12-/m1/s1. The Balaban J connectivity index is 1.94. The lowest BCUT2D eigenvalue weighted by Crippen LogP contribution is -2.39. The highest BCUT2D eigenvalue weighted by atomic mass is 32.2. The molecule has 28 heavy (non-hydrogen) atoms. The lowest BCUT2D eigenvalue weighted by molar-refractivity contribution is -0.129. The summed E-state index contributed by atoms with van der Waals surface area (Å²) >= 11 is 0. The number of benzene rings is 2. The van der Waals surface area contributed by atoms with Crippen LogP contribution in [0.4, 0.5) is 0 Å². The topological polar surface area (TPSA) is 107 Å². The van der Waals surface area contributed by atoms with Crippen molar-refractivity contribution in [3.63, 3.8) is 0 Å². The first-order chi connectivity index (χ1) is 13.1. The molecule has 1 heterocycles. The molecule has 3 rings (SSSR count). The van der Waals surface area contributed by atoms with Crippen molar-refractivity contribution in [3.05, 3.63) is 59.2 Å². The molecule has 0 saturated carbocycles. The zero-order valence-corrected chi connectivity index (χ0v) is 16.4. The molecule has 8 heteroatoms. The van der Waals surface area contributed by atoms with Gasteiger partial charge in [0.05, 0.1) is 15.4 Å². The molecule has 146 valence electrons. The van der Waals surface area contributed by atoms with Crippen LogP contribution in [-0.2, 0) is 19.4 Å². The summed E-state index contributed by atoms with van der Waals surface area (Å²) in [4.78, 5) is 36.6. The maximum Gasteiger partial charge on any atom is 0.338 e. The number of amides is 1. The maximum atomic E-state index is 12.9. The Kier molecular flexibility index (Phi) is 5.08. The number of esters is 1. The summed E-state index contributed by atoms with van der Waals surface area (Å²) in [5.41, 5.74) is 0.0452. The number of ketones is 1. The maximum absolute atomic E-state index is 12.9. The van der Waals surface area contributed by atoms with Crippen LogP contribution < -0.4 is 5.32 Å². The number of fused-ring (bicyclic) bond motifs is 2. The summed E-state index contributed by atoms with van der Waals surface area (Å²) in [6.07, 6.45) is -1.05. The molecule has 1 aliphatic heterocycles. The van der Waals surface area contributed by atoms with Gasteiger partial charge in [-0.05, 0) is 51.1 Å². The van der Waals surface area contributed by atoms with Crippen LogP contribution in [-0.4, -0.2) is 38.2 Å². The zero-order chi connectivity index (χ0) is 20.6. The Morgan fingerprint density at radius 2 is 1.61 bits per heavy atom. The summed E-state index contributed by atoms with van der Waals surface area (Å²) in [6, 6.07) is 9.54. The van der Waals surface area contributed by atoms with Crippen molar-refractivity contribution in [2.75, 3.05) is 0 Å². The highest BCUT2D eigenvalue weighted by molar-refractivity contribution is 7.91. The Morgan fingerprint density at radius 3 is 2.29 bits per heavy atom. The van der Waals surface area contributed by atoms with E-state index in [-0.39, 0.29) is 32.5 Å². The SMILES string of the molecule is CC(C)NC(=O)[C@@H](C)OC(=O)c1ccc2c(c1)S(=O)(=O)c1ccccc1C2=O. The number of carbonyl (C=O) groups is 3. The second-order valence-corrected chi connectivity index (χ2v) is 8.64. The van der Waals surface area contributed by atoms with Crippen molar-refractivity contribution in [3.8, 4) is 0 Å². The van der Waals surface area contributed by atoms with E-state index >= 15 is 0 Å². The van der Waals surface area contributed by atoms with Gasteiger partial charge in [0.15, 0.2) is 11.9 Å². The van der Waals surface area contributed by atoms with Gasteiger partial charge in [-0.3, -0.25) is 9.59 Å². The van der Waals surface area contributed by atoms with Crippen molar-refractivity contribution in [1.29, 1.82) is 0 Å². The number of hydrogen-bond donors (Lipinski definition) is 1. The third-order valence-electron chi connectivity index (χ3n) is 4.26. The van der Waals surface area contributed by atoms with E-state index in [0.29, 0.717) is 0 Å². The minimum absolute atomic E-state index is 0.000786. The van der Waals surface area contributed by atoms with Crippen LogP contribution in [0.2, 0.25) is 0 Å². The summed E-state index contributed by atoms with van der Waals surface area (Å²) in [6.45, 7) is 4.97. The zero-order valence-electron chi connectivity index (χ0n) is 15.6. The molecule has 0 aromatic heterocycles. The first-order valence-electron chi connectivity index (χ1n) is 8.67. The lowest BCUT2D eigenvalue weighted by Gasteiger charge is -2.19. The quantitative estimate of drug-likeness (QED) is 0.671. The Labute approximate surface area is 162 Å². The van der Waals surface area contributed by atoms with Gasteiger partial charge in [-0.15, -0.1) is 0 Å². The molecule has 1 N–H and O–H groups in total. The van der Waals surface area contributed by atoms with Crippen molar-refractivity contribution < 1.29 is 27.5 Å². The van der Waals surface area contributed by atoms with Crippen LogP contribution in [0, 0.1) is 0 Å². The molecule has 0 saturated heterocycles. The minimum atomic E-state index is -3.96. The predicted molar refractivity (Wildman–Crippen MR) is 99.9 cm³/mol. The molecule has 0 spiro atoms. The van der Waals surface area contributed by atoms with Gasteiger partial charge in [0.2, 0.25) is 9.84 Å². The molecule has 0 fully saturated rings. The molecule has 0 aliphatic carbocycles. The average molecular weight is 401 g/mol. The normalized spacial score (nSPS) is 15.4. The van der Waals surface area contributed by atoms with Gasteiger partial charge >= 0.3 is 5.97 Å². The average Bonchev–Trinajstić information content (AvgIpc) is 2.65. The molecule has 0 radical (unpaired) electrons. The van der Waals surface area contributed by atoms with Crippen molar-refractivity contribution in [2.45, 2.75) is 42.7 Å². The predicted octanol–water partition coefficient (Wildman–Crippen LogP) is 2.13. The van der Waals surface area contributed by atoms with E-state index in [4.69, 9.17) is 4.74 Å². The lowest BCUT2D eigenvalue weighted by atomic mass is 10.0. The van der Waals surface area contributed by atoms with E-state index in [9.17, 15) is 22.8 Å². The smallest absolute Gasteiger partial charge is 0.338 e. The minimum Gasteiger partial charge on any atom is -0.449 e. The van der Waals surface area contributed by atoms with Crippen LogP contribution in [0.5, 0.6) is 0 Å². The van der Waals surface area contributed by atoms with Gasteiger partial charge < -0.3 is 10.1 Å². The van der Waals surface area contributed by atoms with Gasteiger partial charge in [0.1, 0.15) is 0 Å². The highest BCUT2D eigenvalue weighted by Crippen LogP contribution is 2.34. The molecule has 0 bridgehead atoms. The summed E-state index contributed by atoms with van der Waals surface area (Å²) in [5, 5.41) is 2.62. The number of rotatable bonds is 4. The molecule has 1 aliphatic rings. The molecule has 7 nitrogen and oxygen atoms in total. The van der Waals surface area contributed by atoms with E-state index in [0.717, 1.165) is 6.07 Å². The number of nitrogens with one attached hydrogen (secondary N) is 1. The molecular formula is C20H19NO6S. The summed E-state index contributed by atoms with van der Waals surface area (Å²) < 4.78 is 30.9. The van der Waals surface area contributed by atoms with E-state index in [1.54, 1.807) is 19.9 Å². The molecule has 1 amide bonds. The summed E-state index contributed by atoms with van der Waals surface area (Å²) in [5.74, 6) is -1.74. The van der Waals surface area contributed by atoms with Gasteiger partial charge in [-0.2, -0.15) is 0 Å². The fourth-order valence-electron chi connectivity index (χ4n) is 2.90. The van der Waals surface area contributed by atoms with Crippen LogP contribution in [0.25, 0.3) is 0 Å². The number of ether oxygens (including phenoxy) is 1. The van der Waals surface area contributed by atoms with E-state index in [1.807, 2.05) is 0 Å². The van der Waals surface area contributed by atoms with E-state index in [2.05, 4.69) is 5.32 Å². The highest BCUT2D eigenvalue weighted by Gasteiger charge is 2.35. The van der Waals surface area contributed by atoms with Crippen LogP contribution in [0.1, 0.15) is 47.1 Å². The molecule has 0 unspecified atom stereocenters. The second kappa shape index (κ2) is 7.20. The Hall–Kier alpha value is -3.00. The van der Waals surface area contributed by atoms with Crippen LogP contribution in [0.15, 0.2) is 52.3 Å². The van der Waals surface area contributed by atoms with Crippen LogP contribution in [0.3, 0.4) is 0 Å². The van der Waals surface area contributed by atoms with E-state index < -0.39 is 33.6 Å². The Bertz CT molecular complexity index is 1090. The molecular weight excluding hydrogens is 382 g/mol. The fraction of sp³-hybridized carbons (Fsp3) is 0.250. The first kappa shape index (κ1) is 19.8. The Morgan fingerprint density at radius 1 is 0.964 bits per heavy atom. The third kappa shape index (κ3) is 3.43. The van der Waals surface area contributed by atoms with Crippen molar-refractivity contribution in [1.82, 2.24) is 5.32 Å². The van der Waals surface area contributed by atoms with Crippen molar-refractivity contribution in [2.24, 2.45) is 0 Å². The van der Waals surface area contributed by atoms with Gasteiger partial charge in [0.25, 0.3) is 5.91 Å². The van der Waals surface area contributed by atoms with Crippen LogP contribution >= 0.6 is 0 Å². The van der Waals surface area contributed by atoms with E-state index in [1.165, 1.54) is 37.3 Å².